The second-order valence-electron chi connectivity index (χ2n) is 6.08. The molecule has 0 aliphatic rings. The third-order valence-corrected chi connectivity index (χ3v) is 5.47. The van der Waals surface area contributed by atoms with Crippen LogP contribution in [0.3, 0.4) is 0 Å². The van der Waals surface area contributed by atoms with Crippen LogP contribution in [0.4, 0.5) is 0 Å². The van der Waals surface area contributed by atoms with E-state index in [1.54, 1.807) is 27.7 Å². The van der Waals surface area contributed by atoms with Crippen LogP contribution in [0, 0.1) is 9.54 Å². The zero-order valence-electron chi connectivity index (χ0n) is 16.8. The number of aromatic hydroxyl groups is 2. The third kappa shape index (κ3) is 3.91. The highest BCUT2D eigenvalue weighted by Crippen LogP contribution is 2.18. The van der Waals surface area contributed by atoms with Crippen molar-refractivity contribution in [2.75, 3.05) is 0 Å². The molecular formula is C19H24N4O4S2. The van der Waals surface area contributed by atoms with Gasteiger partial charge < -0.3 is 10.2 Å². The first-order chi connectivity index (χ1) is 13.7. The van der Waals surface area contributed by atoms with Crippen molar-refractivity contribution in [2.45, 2.75) is 53.9 Å². The third-order valence-electron chi connectivity index (χ3n) is 4.59. The van der Waals surface area contributed by atoms with E-state index in [4.69, 9.17) is 24.4 Å². The van der Waals surface area contributed by atoms with Crippen molar-refractivity contribution in [3.63, 3.8) is 0 Å². The minimum atomic E-state index is -0.458. The summed E-state index contributed by atoms with van der Waals surface area (Å²) in [5, 5.41) is 20.9. The van der Waals surface area contributed by atoms with E-state index >= 15 is 0 Å². The maximum atomic E-state index is 12.6. The first-order valence-electron chi connectivity index (χ1n) is 9.30. The van der Waals surface area contributed by atoms with Crippen LogP contribution in [0.25, 0.3) is 12.2 Å². The summed E-state index contributed by atoms with van der Waals surface area (Å²) in [6, 6.07) is 0. The van der Waals surface area contributed by atoms with Gasteiger partial charge in [0.1, 0.15) is 11.1 Å². The molecular weight excluding hydrogens is 412 g/mol. The van der Waals surface area contributed by atoms with Crippen LogP contribution in [0.1, 0.15) is 38.8 Å². The Morgan fingerprint density at radius 3 is 1.31 bits per heavy atom. The van der Waals surface area contributed by atoms with Gasteiger partial charge in [0.15, 0.2) is 9.54 Å². The van der Waals surface area contributed by atoms with Crippen molar-refractivity contribution in [1.82, 2.24) is 18.3 Å². The van der Waals surface area contributed by atoms with Crippen molar-refractivity contribution in [3.05, 3.63) is 47.1 Å². The molecule has 0 saturated carbocycles. The average Bonchev–Trinajstić information content (AvgIpc) is 2.68. The van der Waals surface area contributed by atoms with Crippen LogP contribution in [0.2, 0.25) is 0 Å². The summed E-state index contributed by atoms with van der Waals surface area (Å²) < 4.78 is 6.06. The van der Waals surface area contributed by atoms with Crippen molar-refractivity contribution in [1.29, 1.82) is 0 Å². The van der Waals surface area contributed by atoms with Gasteiger partial charge in [0.25, 0.3) is 11.1 Å². The molecule has 0 aromatic carbocycles. The van der Waals surface area contributed by atoms with E-state index in [0.29, 0.717) is 26.2 Å². The molecule has 2 aromatic heterocycles. The van der Waals surface area contributed by atoms with Crippen molar-refractivity contribution in [2.24, 2.45) is 0 Å². The lowest BCUT2D eigenvalue weighted by Gasteiger charge is -2.13. The molecule has 0 unspecified atom stereocenters. The van der Waals surface area contributed by atoms with Gasteiger partial charge in [0.2, 0.25) is 11.8 Å². The lowest BCUT2D eigenvalue weighted by Crippen LogP contribution is -2.26. The van der Waals surface area contributed by atoms with Crippen molar-refractivity contribution >= 4 is 36.6 Å². The Balaban J connectivity index is 2.77. The lowest BCUT2D eigenvalue weighted by molar-refractivity contribution is 0.399. The maximum Gasteiger partial charge on any atom is 0.266 e. The van der Waals surface area contributed by atoms with E-state index in [-0.39, 0.29) is 32.4 Å². The maximum absolute atomic E-state index is 12.6. The molecule has 2 rings (SSSR count). The molecule has 0 radical (unpaired) electrons. The molecule has 0 aliphatic heterocycles. The standard InChI is InChI=1S/C19H24N4O4S2/c1-5-20-14(24)12(15(25)21(6-2)18(20)28)10-9-11-13-16(26)22(7-3)19(29)23(8-4)17(13)27/h10-11,24,26H,5-8H2,1-4H3. The monoisotopic (exact) mass is 436 g/mol. The minimum Gasteiger partial charge on any atom is -0.494 e. The summed E-state index contributed by atoms with van der Waals surface area (Å²) in [4.78, 5) is 25.3. The van der Waals surface area contributed by atoms with Gasteiger partial charge in [0.05, 0.1) is 0 Å². The highest BCUT2D eigenvalue weighted by Gasteiger charge is 2.14. The molecule has 2 N–H and O–H groups in total. The number of rotatable bonds is 6. The molecule has 8 nitrogen and oxygen atoms in total. The van der Waals surface area contributed by atoms with Crippen LogP contribution in [0.5, 0.6) is 11.8 Å². The van der Waals surface area contributed by atoms with E-state index in [0.717, 1.165) is 0 Å². The summed E-state index contributed by atoms with van der Waals surface area (Å²) in [6.07, 6.45) is 2.55. The second-order valence-corrected chi connectivity index (χ2v) is 6.81. The molecule has 10 heteroatoms. The van der Waals surface area contributed by atoms with Crippen molar-refractivity contribution in [3.8, 4) is 11.8 Å². The molecule has 0 amide bonds. The molecule has 2 heterocycles. The zero-order chi connectivity index (χ0) is 21.9. The highest BCUT2D eigenvalue weighted by molar-refractivity contribution is 7.71. The Morgan fingerprint density at radius 1 is 0.724 bits per heavy atom. The fraction of sp³-hybridized carbons (Fsp3) is 0.421. The Kier molecular flexibility index (Phi) is 7.18. The van der Waals surface area contributed by atoms with E-state index in [1.807, 2.05) is 0 Å². The van der Waals surface area contributed by atoms with E-state index < -0.39 is 11.1 Å². The van der Waals surface area contributed by atoms with Gasteiger partial charge >= 0.3 is 0 Å². The quantitative estimate of drug-likeness (QED) is 0.534. The summed E-state index contributed by atoms with van der Waals surface area (Å²) in [5.41, 5.74) is 1.81. The predicted octanol–water partition coefficient (Wildman–Crippen LogP) is 2.89. The molecule has 0 fully saturated rings. The van der Waals surface area contributed by atoms with Crippen LogP contribution >= 0.6 is 24.4 Å². The Labute approximate surface area is 177 Å². The molecule has 0 spiro atoms. The molecule has 0 atom stereocenters. The Bertz CT molecular complexity index is 1150. The normalized spacial score (nSPS) is 10.6. The average molecular weight is 437 g/mol. The predicted molar refractivity (Wildman–Crippen MR) is 118 cm³/mol. The lowest BCUT2D eigenvalue weighted by atomic mass is 10.2. The van der Waals surface area contributed by atoms with Gasteiger partial charge in [-0.1, -0.05) is 0 Å². The first kappa shape index (κ1) is 22.6. The zero-order valence-corrected chi connectivity index (χ0v) is 18.4. The van der Waals surface area contributed by atoms with Crippen LogP contribution < -0.4 is 11.1 Å². The van der Waals surface area contributed by atoms with Gasteiger partial charge in [0, 0.05) is 26.2 Å². The second kappa shape index (κ2) is 9.21. The fourth-order valence-electron chi connectivity index (χ4n) is 3.01. The van der Waals surface area contributed by atoms with Gasteiger partial charge in [-0.15, -0.1) is 5.73 Å². The summed E-state index contributed by atoms with van der Waals surface area (Å²) in [5.74, 6) is -0.541. The topological polar surface area (TPSA) is 94.3 Å². The largest absolute Gasteiger partial charge is 0.494 e. The van der Waals surface area contributed by atoms with Gasteiger partial charge in [-0.2, -0.15) is 0 Å². The van der Waals surface area contributed by atoms with Gasteiger partial charge in [-0.05, 0) is 64.3 Å². The number of nitrogens with zero attached hydrogens (tertiary/aromatic N) is 4. The molecule has 2 aromatic rings. The van der Waals surface area contributed by atoms with Crippen molar-refractivity contribution < 1.29 is 10.2 Å². The molecule has 29 heavy (non-hydrogen) atoms. The Morgan fingerprint density at radius 2 is 1.03 bits per heavy atom. The number of hydrogen-bond acceptors (Lipinski definition) is 6. The molecule has 156 valence electrons. The summed E-state index contributed by atoms with van der Waals surface area (Å²) in [7, 11) is 0. The van der Waals surface area contributed by atoms with E-state index in [2.05, 4.69) is 5.73 Å². The summed E-state index contributed by atoms with van der Waals surface area (Å²) in [6.45, 7) is 8.62. The van der Waals surface area contributed by atoms with Crippen LogP contribution in [-0.2, 0) is 26.2 Å². The number of aromatic nitrogens is 4. The SMILES string of the molecule is CCn1c(O)c(C=C=Cc2c(O)n(CC)c(=S)n(CC)c2=O)c(=O)n(CC)c1=S. The smallest absolute Gasteiger partial charge is 0.266 e. The summed E-state index contributed by atoms with van der Waals surface area (Å²) >= 11 is 10.5. The van der Waals surface area contributed by atoms with Gasteiger partial charge in [-0.25, -0.2) is 0 Å². The first-order valence-corrected chi connectivity index (χ1v) is 10.1. The van der Waals surface area contributed by atoms with Gasteiger partial charge in [-0.3, -0.25) is 27.9 Å². The van der Waals surface area contributed by atoms with E-state index in [9.17, 15) is 19.8 Å². The number of hydrogen-bond donors (Lipinski definition) is 2. The van der Waals surface area contributed by atoms with Crippen LogP contribution in [0.15, 0.2) is 15.3 Å². The molecule has 0 saturated heterocycles. The molecule has 0 aliphatic carbocycles. The Hall–Kier alpha value is -2.68. The fourth-order valence-corrected chi connectivity index (χ4v) is 3.86. The van der Waals surface area contributed by atoms with Crippen LogP contribution in [-0.4, -0.2) is 28.5 Å². The molecule has 0 bridgehead atoms. The van der Waals surface area contributed by atoms with E-state index in [1.165, 1.54) is 30.4 Å². The highest BCUT2D eigenvalue weighted by atomic mass is 32.1. The minimum absolute atomic E-state index is 0.00267.